The molecule has 2 unspecified atom stereocenters. The minimum absolute atomic E-state index is 0.281. The van der Waals surface area contributed by atoms with Gasteiger partial charge in [0, 0.05) is 24.8 Å². The third-order valence-corrected chi connectivity index (χ3v) is 3.41. The first kappa shape index (κ1) is 10.1. The highest BCUT2D eigenvalue weighted by atomic mass is 15.4. The van der Waals surface area contributed by atoms with E-state index in [9.17, 15) is 0 Å². The Labute approximate surface area is 91.5 Å². The Balaban J connectivity index is 2.17. The minimum atomic E-state index is 0.281. The van der Waals surface area contributed by atoms with Gasteiger partial charge in [0.05, 0.1) is 11.9 Å². The molecule has 2 aliphatic rings. The van der Waals surface area contributed by atoms with Crippen molar-refractivity contribution >= 4 is 0 Å². The first-order chi connectivity index (χ1) is 7.15. The van der Waals surface area contributed by atoms with E-state index in [-0.39, 0.29) is 6.04 Å². The molecule has 15 heavy (non-hydrogen) atoms. The molecule has 2 aliphatic heterocycles. The van der Waals surface area contributed by atoms with Gasteiger partial charge in [-0.15, -0.1) is 6.58 Å². The second-order valence-corrected chi connectivity index (χ2v) is 4.33. The molecule has 2 atom stereocenters. The molecular weight excluding hydrogens is 186 g/mol. The molecule has 0 aromatic heterocycles. The predicted octanol–water partition coefficient (Wildman–Crippen LogP) is 1.26. The summed E-state index contributed by atoms with van der Waals surface area (Å²) in [5.41, 5.74) is 6.58. The Morgan fingerprint density at radius 1 is 1.53 bits per heavy atom. The second-order valence-electron chi connectivity index (χ2n) is 4.33. The van der Waals surface area contributed by atoms with Gasteiger partial charge >= 0.3 is 0 Å². The van der Waals surface area contributed by atoms with E-state index in [0.717, 1.165) is 31.0 Å². The van der Waals surface area contributed by atoms with Gasteiger partial charge in [0.2, 0.25) is 0 Å². The van der Waals surface area contributed by atoms with Crippen molar-refractivity contribution in [3.05, 3.63) is 37.3 Å². The molecule has 0 saturated carbocycles. The van der Waals surface area contributed by atoms with Crippen LogP contribution in [-0.4, -0.2) is 35.0 Å². The van der Waals surface area contributed by atoms with Gasteiger partial charge in [-0.1, -0.05) is 19.2 Å². The van der Waals surface area contributed by atoms with Crippen LogP contribution < -0.4 is 5.73 Å². The lowest BCUT2D eigenvalue weighted by molar-refractivity contribution is 0.248. The van der Waals surface area contributed by atoms with Crippen molar-refractivity contribution in [2.45, 2.75) is 24.9 Å². The molecule has 0 aromatic rings. The van der Waals surface area contributed by atoms with Crippen molar-refractivity contribution < 1.29 is 0 Å². The molecular formula is C12H19N3. The van der Waals surface area contributed by atoms with Crippen LogP contribution in [0.25, 0.3) is 0 Å². The number of hydrogen-bond acceptors (Lipinski definition) is 3. The molecule has 0 amide bonds. The Hall–Kier alpha value is -1.38. The molecule has 3 nitrogen and oxygen atoms in total. The normalized spacial score (nSPS) is 29.5. The van der Waals surface area contributed by atoms with Gasteiger partial charge in [0.15, 0.2) is 0 Å². The number of nitrogens with two attached hydrogens (primary N) is 1. The summed E-state index contributed by atoms with van der Waals surface area (Å²) >= 11 is 0. The van der Waals surface area contributed by atoms with Crippen LogP contribution in [0.3, 0.4) is 0 Å². The SMILES string of the molecule is C=CCN1C(=C)N2CC1CCC2C(=C)N. The molecule has 0 aliphatic carbocycles. The number of piperidine rings is 1. The highest BCUT2D eigenvalue weighted by molar-refractivity contribution is 5.17. The largest absolute Gasteiger partial charge is 0.401 e. The van der Waals surface area contributed by atoms with Gasteiger partial charge in [0.1, 0.15) is 0 Å². The maximum atomic E-state index is 5.82. The zero-order valence-electron chi connectivity index (χ0n) is 9.15. The fourth-order valence-corrected chi connectivity index (χ4v) is 2.65. The lowest BCUT2D eigenvalue weighted by Gasteiger charge is -2.32. The molecule has 2 N–H and O–H groups in total. The topological polar surface area (TPSA) is 32.5 Å². The maximum absolute atomic E-state index is 5.82. The molecule has 82 valence electrons. The van der Waals surface area contributed by atoms with E-state index >= 15 is 0 Å². The first-order valence-corrected chi connectivity index (χ1v) is 5.42. The standard InChI is InChI=1S/C12H19N3/c1-4-7-14-10(3)15-8-11(14)5-6-12(15)9(2)13/h4,11-12H,1-3,5-8,13H2. The second kappa shape index (κ2) is 3.65. The lowest BCUT2D eigenvalue weighted by atomic mass is 9.99. The van der Waals surface area contributed by atoms with Crippen LogP contribution in [-0.2, 0) is 0 Å². The van der Waals surface area contributed by atoms with Crippen molar-refractivity contribution in [3.8, 4) is 0 Å². The Kier molecular flexibility index (Phi) is 2.47. The quantitative estimate of drug-likeness (QED) is 0.704. The van der Waals surface area contributed by atoms with E-state index in [4.69, 9.17) is 5.73 Å². The Morgan fingerprint density at radius 2 is 2.27 bits per heavy atom. The van der Waals surface area contributed by atoms with E-state index < -0.39 is 0 Å². The van der Waals surface area contributed by atoms with E-state index in [1.54, 1.807) is 0 Å². The van der Waals surface area contributed by atoms with Crippen LogP contribution in [0.15, 0.2) is 37.3 Å². The van der Waals surface area contributed by atoms with Gasteiger partial charge < -0.3 is 15.5 Å². The average molecular weight is 205 g/mol. The van der Waals surface area contributed by atoms with Crippen LogP contribution in [0.5, 0.6) is 0 Å². The average Bonchev–Trinajstić information content (AvgIpc) is 2.44. The summed E-state index contributed by atoms with van der Waals surface area (Å²) in [5, 5.41) is 0. The van der Waals surface area contributed by atoms with E-state index in [1.165, 1.54) is 6.42 Å². The highest BCUT2D eigenvalue weighted by Gasteiger charge is 2.40. The fourth-order valence-electron chi connectivity index (χ4n) is 2.65. The van der Waals surface area contributed by atoms with Gasteiger partial charge in [-0.25, -0.2) is 0 Å². The van der Waals surface area contributed by atoms with Gasteiger partial charge in [0.25, 0.3) is 0 Å². The zero-order chi connectivity index (χ0) is 11.0. The molecule has 2 rings (SSSR count). The van der Waals surface area contributed by atoms with Gasteiger partial charge in [-0.2, -0.15) is 0 Å². The molecule has 0 spiro atoms. The molecule has 0 aromatic carbocycles. The summed E-state index contributed by atoms with van der Waals surface area (Å²) < 4.78 is 0. The smallest absolute Gasteiger partial charge is 0.0977 e. The summed E-state index contributed by atoms with van der Waals surface area (Å²) in [7, 11) is 0. The van der Waals surface area contributed by atoms with E-state index in [0.29, 0.717) is 6.04 Å². The van der Waals surface area contributed by atoms with E-state index in [1.807, 2.05) is 6.08 Å². The third kappa shape index (κ3) is 1.52. The Bertz CT molecular complexity index is 308. The lowest BCUT2D eigenvalue weighted by Crippen LogP contribution is -2.40. The summed E-state index contributed by atoms with van der Waals surface area (Å²) in [5.74, 6) is 1.08. The van der Waals surface area contributed by atoms with Crippen molar-refractivity contribution in [1.29, 1.82) is 0 Å². The summed E-state index contributed by atoms with van der Waals surface area (Å²) in [6, 6.07) is 0.870. The number of fused-ring (bicyclic) bond motifs is 2. The zero-order valence-corrected chi connectivity index (χ0v) is 9.15. The molecule has 2 fully saturated rings. The molecule has 2 heterocycles. The third-order valence-electron chi connectivity index (χ3n) is 3.41. The predicted molar refractivity (Wildman–Crippen MR) is 62.9 cm³/mol. The monoisotopic (exact) mass is 205 g/mol. The molecule has 0 radical (unpaired) electrons. The Morgan fingerprint density at radius 3 is 2.87 bits per heavy atom. The molecule has 2 bridgehead atoms. The summed E-state index contributed by atoms with van der Waals surface area (Å²) in [6.07, 6.45) is 4.19. The number of nitrogens with zero attached hydrogens (tertiary/aromatic N) is 2. The molecule has 2 saturated heterocycles. The van der Waals surface area contributed by atoms with Crippen LogP contribution in [0.4, 0.5) is 0 Å². The van der Waals surface area contributed by atoms with E-state index in [2.05, 4.69) is 29.5 Å². The van der Waals surface area contributed by atoms with Crippen LogP contribution in [0.1, 0.15) is 12.8 Å². The number of rotatable bonds is 3. The highest BCUT2D eigenvalue weighted by Crippen LogP contribution is 2.35. The van der Waals surface area contributed by atoms with Crippen LogP contribution in [0.2, 0.25) is 0 Å². The molecule has 3 heteroatoms. The summed E-state index contributed by atoms with van der Waals surface area (Å²) in [6.45, 7) is 13.7. The van der Waals surface area contributed by atoms with Crippen LogP contribution in [0, 0.1) is 0 Å². The van der Waals surface area contributed by atoms with Gasteiger partial charge in [-0.3, -0.25) is 0 Å². The minimum Gasteiger partial charge on any atom is -0.401 e. The van der Waals surface area contributed by atoms with Crippen LogP contribution >= 0.6 is 0 Å². The van der Waals surface area contributed by atoms with Crippen molar-refractivity contribution in [3.63, 3.8) is 0 Å². The maximum Gasteiger partial charge on any atom is 0.0977 e. The van der Waals surface area contributed by atoms with Gasteiger partial charge in [-0.05, 0) is 12.8 Å². The van der Waals surface area contributed by atoms with Crippen molar-refractivity contribution in [1.82, 2.24) is 9.80 Å². The van der Waals surface area contributed by atoms with Crippen molar-refractivity contribution in [2.24, 2.45) is 5.73 Å². The summed E-state index contributed by atoms with van der Waals surface area (Å²) in [4.78, 5) is 4.59. The number of hydrogen-bond donors (Lipinski definition) is 1. The fraction of sp³-hybridized carbons (Fsp3) is 0.500. The first-order valence-electron chi connectivity index (χ1n) is 5.42. The van der Waals surface area contributed by atoms with Crippen molar-refractivity contribution in [2.75, 3.05) is 13.1 Å².